The molecule has 1 saturated carbocycles. The minimum atomic E-state index is -1.15. The van der Waals surface area contributed by atoms with Crippen molar-refractivity contribution in [2.24, 2.45) is 4.99 Å². The number of aryl methyl sites for hydroxylation is 1. The van der Waals surface area contributed by atoms with Crippen LogP contribution < -0.4 is 11.2 Å². The Kier molecular flexibility index (Phi) is 13.7. The summed E-state index contributed by atoms with van der Waals surface area (Å²) in [6.45, 7) is 14.4. The highest BCUT2D eigenvalue weighted by Gasteiger charge is 2.33. The number of hydrogen-bond acceptors (Lipinski definition) is 8. The van der Waals surface area contributed by atoms with E-state index in [9.17, 15) is 24.3 Å². The van der Waals surface area contributed by atoms with Crippen LogP contribution in [0.1, 0.15) is 99.9 Å². The van der Waals surface area contributed by atoms with Crippen LogP contribution in [0.25, 0.3) is 11.2 Å². The molecule has 0 radical (unpaired) electrons. The van der Waals surface area contributed by atoms with Gasteiger partial charge in [0.15, 0.2) is 16.3 Å². The van der Waals surface area contributed by atoms with Gasteiger partial charge in [-0.25, -0.2) is 14.6 Å². The minimum absolute atomic E-state index is 0.0417. The van der Waals surface area contributed by atoms with Crippen molar-refractivity contribution in [2.45, 2.75) is 96.9 Å². The third kappa shape index (κ3) is 9.15. The maximum Gasteiger partial charge on any atom is 0.337 e. The van der Waals surface area contributed by atoms with Gasteiger partial charge in [0, 0.05) is 43.0 Å². The second-order valence-electron chi connectivity index (χ2n) is 11.1. The number of aromatic carboxylic acids is 1. The van der Waals surface area contributed by atoms with Gasteiger partial charge in [0.05, 0.1) is 11.1 Å². The number of carboxylic acids is 1. The van der Waals surface area contributed by atoms with Crippen LogP contribution in [-0.2, 0) is 6.54 Å². The Morgan fingerprint density at radius 2 is 1.87 bits per heavy atom. The first-order valence-corrected chi connectivity index (χ1v) is 16.8. The van der Waals surface area contributed by atoms with Crippen LogP contribution in [0.3, 0.4) is 0 Å². The van der Waals surface area contributed by atoms with Crippen molar-refractivity contribution in [1.29, 1.82) is 0 Å². The van der Waals surface area contributed by atoms with E-state index >= 15 is 0 Å². The fourth-order valence-corrected chi connectivity index (χ4v) is 5.23. The molecule has 46 heavy (non-hydrogen) atoms. The molecule has 1 aliphatic carbocycles. The van der Waals surface area contributed by atoms with Crippen LogP contribution in [0.4, 0.5) is 0 Å². The van der Waals surface area contributed by atoms with Gasteiger partial charge in [0.2, 0.25) is 0 Å². The van der Waals surface area contributed by atoms with Crippen LogP contribution in [0.15, 0.2) is 62.5 Å². The number of carbonyl (C=O) groups is 2. The zero-order valence-corrected chi connectivity index (χ0v) is 28.2. The number of hydrogen-bond donors (Lipinski definition) is 2. The lowest BCUT2D eigenvalue weighted by atomic mass is 10.2. The molecular formula is C33H45N7O5S. The lowest BCUT2D eigenvalue weighted by Crippen LogP contribution is -2.41. The number of imidazole rings is 1. The Morgan fingerprint density at radius 1 is 1.17 bits per heavy atom. The van der Waals surface area contributed by atoms with Gasteiger partial charge in [-0.3, -0.25) is 28.7 Å². The summed E-state index contributed by atoms with van der Waals surface area (Å²) < 4.78 is 2.85. The van der Waals surface area contributed by atoms with E-state index in [0.717, 1.165) is 18.4 Å². The highest BCUT2D eigenvalue weighted by Crippen LogP contribution is 2.28. The monoisotopic (exact) mass is 651 g/mol. The SMILES string of the molecule is C=C/C=C(\C=N/CN(C(=O)c1cncc(C(=O)O)c1)C1CC1)CSc1nc2c([nH]1)c(=O)n(C(C)CC)c(=O)n2CCC.CCCC. The molecule has 0 spiro atoms. The summed E-state index contributed by atoms with van der Waals surface area (Å²) in [5, 5.41) is 9.74. The Morgan fingerprint density at radius 3 is 2.46 bits per heavy atom. The van der Waals surface area contributed by atoms with Gasteiger partial charge >= 0.3 is 11.7 Å². The smallest absolute Gasteiger partial charge is 0.337 e. The molecule has 1 aliphatic rings. The van der Waals surface area contributed by atoms with Crippen molar-refractivity contribution in [3.05, 3.63) is 74.7 Å². The first kappa shape index (κ1) is 36.2. The highest BCUT2D eigenvalue weighted by molar-refractivity contribution is 7.99. The number of carbonyl (C=O) groups excluding carboxylic acids is 1. The summed E-state index contributed by atoms with van der Waals surface area (Å²) >= 11 is 1.36. The second kappa shape index (κ2) is 17.4. The zero-order chi connectivity index (χ0) is 33.8. The molecule has 0 saturated heterocycles. The maximum atomic E-state index is 13.2. The number of carboxylic acid groups (broad SMARTS) is 1. The summed E-state index contributed by atoms with van der Waals surface area (Å²) in [6.07, 6.45) is 13.4. The second-order valence-corrected chi connectivity index (χ2v) is 12.1. The average Bonchev–Trinajstić information content (AvgIpc) is 3.81. The Hall–Kier alpha value is -4.26. The van der Waals surface area contributed by atoms with E-state index in [1.165, 1.54) is 47.6 Å². The predicted octanol–water partition coefficient (Wildman–Crippen LogP) is 5.70. The summed E-state index contributed by atoms with van der Waals surface area (Å²) in [5.74, 6) is -1.03. The number of nitrogens with zero attached hydrogens (tertiary/aromatic N) is 6. The Labute approximate surface area is 273 Å². The van der Waals surface area contributed by atoms with Crippen LogP contribution in [0.5, 0.6) is 0 Å². The Bertz CT molecular complexity index is 1700. The molecule has 12 nitrogen and oxygen atoms in total. The molecule has 0 aromatic carbocycles. The fraction of sp³-hybridized carbons (Fsp3) is 0.485. The average molecular weight is 652 g/mol. The van der Waals surface area contributed by atoms with Gasteiger partial charge in [-0.1, -0.05) is 71.0 Å². The third-order valence-corrected chi connectivity index (χ3v) is 8.39. The van der Waals surface area contributed by atoms with Gasteiger partial charge in [0.25, 0.3) is 11.5 Å². The van der Waals surface area contributed by atoms with E-state index < -0.39 is 5.97 Å². The van der Waals surface area contributed by atoms with E-state index in [2.05, 4.69) is 40.4 Å². The van der Waals surface area contributed by atoms with Gasteiger partial charge in [-0.05, 0) is 44.2 Å². The molecule has 4 rings (SSSR count). The minimum Gasteiger partial charge on any atom is -0.478 e. The van der Waals surface area contributed by atoms with E-state index in [1.807, 2.05) is 20.8 Å². The normalized spacial score (nSPS) is 13.8. The summed E-state index contributed by atoms with van der Waals surface area (Å²) in [4.78, 5) is 68.5. The van der Waals surface area contributed by atoms with E-state index in [1.54, 1.807) is 27.8 Å². The van der Waals surface area contributed by atoms with Crippen LogP contribution in [0, 0.1) is 0 Å². The number of rotatable bonds is 15. The molecule has 1 atom stereocenters. The number of nitrogens with one attached hydrogen (secondary N) is 1. The van der Waals surface area contributed by atoms with Gasteiger partial charge in [-0.15, -0.1) is 0 Å². The molecule has 1 amide bonds. The van der Waals surface area contributed by atoms with Crippen molar-refractivity contribution >= 4 is 41.0 Å². The molecule has 1 fully saturated rings. The van der Waals surface area contributed by atoms with Gasteiger partial charge < -0.3 is 15.0 Å². The number of unbranched alkanes of at least 4 members (excludes halogenated alkanes) is 1. The largest absolute Gasteiger partial charge is 0.478 e. The topological polar surface area (TPSA) is 156 Å². The lowest BCUT2D eigenvalue weighted by molar-refractivity contribution is 0.0696. The quantitative estimate of drug-likeness (QED) is 0.120. The molecular weight excluding hydrogens is 606 g/mol. The number of thioether (sulfide) groups is 1. The van der Waals surface area contributed by atoms with Crippen molar-refractivity contribution in [2.75, 3.05) is 12.4 Å². The summed E-state index contributed by atoms with van der Waals surface area (Å²) in [6, 6.07) is 1.12. The number of H-pyrrole nitrogens is 1. The molecule has 3 aromatic heterocycles. The maximum absolute atomic E-state index is 13.2. The first-order chi connectivity index (χ1) is 22.1. The van der Waals surface area contributed by atoms with Crippen molar-refractivity contribution in [3.63, 3.8) is 0 Å². The molecule has 0 aliphatic heterocycles. The van der Waals surface area contributed by atoms with Crippen molar-refractivity contribution in [3.8, 4) is 0 Å². The predicted molar refractivity (Wildman–Crippen MR) is 183 cm³/mol. The highest BCUT2D eigenvalue weighted by atomic mass is 32.2. The zero-order valence-electron chi connectivity index (χ0n) is 27.4. The number of amides is 1. The molecule has 3 heterocycles. The molecule has 1 unspecified atom stereocenters. The fourth-order valence-electron chi connectivity index (χ4n) is 4.43. The number of pyridine rings is 1. The molecule has 3 aromatic rings. The Balaban J connectivity index is 0.00000136. The van der Waals surface area contributed by atoms with Crippen LogP contribution in [-0.4, -0.2) is 70.6 Å². The number of fused-ring (bicyclic) bond motifs is 1. The standard InChI is InChI=1S/C29H35N7O5S.C4H10/c1-5-8-19(13-31-17-35(22-9-10-22)25(37)20-12-21(27(39)40)15-30-14-20)16-42-28-32-23-24(33-28)34(11-6-2)29(41)36(26(23)38)18(4)7-3;1-3-4-2/h5,8,12-15,18,22H,1,6-7,9-11,16-17H2,2-4H3,(H,32,33)(H,39,40);3-4H2,1-2H3/b19-8+,31-13-;. The van der Waals surface area contributed by atoms with Gasteiger partial charge in [-0.2, -0.15) is 0 Å². The molecule has 248 valence electrons. The van der Waals surface area contributed by atoms with Crippen LogP contribution in [0.2, 0.25) is 0 Å². The molecule has 13 heteroatoms. The number of aromatic amines is 1. The van der Waals surface area contributed by atoms with E-state index in [0.29, 0.717) is 41.5 Å². The number of aliphatic imine (C=N–C) groups is 1. The van der Waals surface area contributed by atoms with Crippen molar-refractivity contribution in [1.82, 2.24) is 29.0 Å². The number of allylic oxidation sites excluding steroid dienone is 2. The first-order valence-electron chi connectivity index (χ1n) is 15.8. The summed E-state index contributed by atoms with van der Waals surface area (Å²) in [7, 11) is 0. The van der Waals surface area contributed by atoms with E-state index in [4.69, 9.17) is 0 Å². The lowest BCUT2D eigenvalue weighted by Gasteiger charge is -2.20. The number of aromatic nitrogens is 5. The molecule has 0 bridgehead atoms. The van der Waals surface area contributed by atoms with Gasteiger partial charge in [0.1, 0.15) is 6.67 Å². The van der Waals surface area contributed by atoms with Crippen LogP contribution >= 0.6 is 11.8 Å². The summed E-state index contributed by atoms with van der Waals surface area (Å²) in [5.41, 5.74) is 0.860. The van der Waals surface area contributed by atoms with E-state index in [-0.39, 0.29) is 47.0 Å². The van der Waals surface area contributed by atoms with Crippen molar-refractivity contribution < 1.29 is 14.7 Å². The molecule has 2 N–H and O–H groups in total. The third-order valence-electron chi connectivity index (χ3n) is 7.45.